The number of ether oxygens (including phenoxy) is 1. The van der Waals surface area contributed by atoms with Gasteiger partial charge in [0.1, 0.15) is 17.9 Å². The topological polar surface area (TPSA) is 75.8 Å². The number of aromatic nitrogens is 1. The zero-order valence-electron chi connectivity index (χ0n) is 22.1. The molecule has 3 aliphatic rings. The van der Waals surface area contributed by atoms with E-state index in [1.54, 1.807) is 0 Å². The molecule has 1 saturated carbocycles. The SMILES string of the molecule is C=CC1C(S(C)(C)C)C(C)[C@@H]2C[C@@H]3C(=C(O)[C@H]12)C(=O)c1c(OCc2ccccc2)noc1[C@@H]3N(C)C. The Balaban J connectivity index is 1.58. The summed E-state index contributed by atoms with van der Waals surface area (Å²) < 4.78 is 11.8. The van der Waals surface area contributed by atoms with Crippen LogP contribution in [0.1, 0.15) is 41.1 Å². The molecule has 0 radical (unpaired) electrons. The van der Waals surface area contributed by atoms with Crippen molar-refractivity contribution in [3.05, 3.63) is 71.2 Å². The largest absolute Gasteiger partial charge is 0.512 e. The fourth-order valence-electron chi connectivity index (χ4n) is 7.34. The molecule has 1 aromatic carbocycles. The van der Waals surface area contributed by atoms with Gasteiger partial charge in [-0.3, -0.25) is 9.69 Å². The van der Waals surface area contributed by atoms with Gasteiger partial charge in [0.2, 0.25) is 5.78 Å². The number of Topliss-reactive ketones (excluding diaryl/α,β-unsaturated/α-hetero) is 1. The van der Waals surface area contributed by atoms with E-state index < -0.39 is 10.0 Å². The second-order valence-electron chi connectivity index (χ2n) is 11.6. The fourth-order valence-corrected chi connectivity index (χ4v) is 10.1. The van der Waals surface area contributed by atoms with Crippen molar-refractivity contribution < 1.29 is 19.2 Å². The minimum atomic E-state index is -0.903. The van der Waals surface area contributed by atoms with Crippen molar-refractivity contribution in [2.45, 2.75) is 31.2 Å². The molecule has 2 aromatic rings. The lowest BCUT2D eigenvalue weighted by Gasteiger charge is -2.43. The van der Waals surface area contributed by atoms with Crippen molar-refractivity contribution in [1.29, 1.82) is 0 Å². The van der Waals surface area contributed by atoms with E-state index in [2.05, 4.69) is 42.3 Å². The predicted molar refractivity (Wildman–Crippen MR) is 145 cm³/mol. The first-order valence-electron chi connectivity index (χ1n) is 12.7. The number of carbonyl (C=O) groups is 1. The summed E-state index contributed by atoms with van der Waals surface area (Å²) in [7, 11) is 3.08. The number of fused-ring (bicyclic) bond motifs is 3. The molecule has 1 fully saturated rings. The smallest absolute Gasteiger partial charge is 0.266 e. The summed E-state index contributed by atoms with van der Waals surface area (Å²) in [6.45, 7) is 6.78. The molecule has 6 nitrogen and oxygen atoms in total. The Morgan fingerprint density at radius 2 is 1.94 bits per heavy atom. The first-order chi connectivity index (χ1) is 17.1. The van der Waals surface area contributed by atoms with Crippen molar-refractivity contribution in [3.63, 3.8) is 0 Å². The zero-order valence-corrected chi connectivity index (χ0v) is 22.9. The van der Waals surface area contributed by atoms with Crippen molar-refractivity contribution in [3.8, 4) is 5.88 Å². The summed E-state index contributed by atoms with van der Waals surface area (Å²) in [6.07, 6.45) is 9.91. The summed E-state index contributed by atoms with van der Waals surface area (Å²) in [5, 5.41) is 16.4. The van der Waals surface area contributed by atoms with Gasteiger partial charge in [0.15, 0.2) is 5.76 Å². The quantitative estimate of drug-likeness (QED) is 0.508. The maximum absolute atomic E-state index is 14.0. The normalized spacial score (nSPS) is 32.2. The van der Waals surface area contributed by atoms with E-state index >= 15 is 0 Å². The third-order valence-corrected chi connectivity index (χ3v) is 11.0. The molecule has 3 unspecified atom stereocenters. The average Bonchev–Trinajstić information content (AvgIpc) is 3.37. The van der Waals surface area contributed by atoms with Gasteiger partial charge >= 0.3 is 0 Å². The third kappa shape index (κ3) is 3.82. The molecule has 0 bridgehead atoms. The molecule has 36 heavy (non-hydrogen) atoms. The van der Waals surface area contributed by atoms with Gasteiger partial charge in [0.25, 0.3) is 5.88 Å². The Kier molecular flexibility index (Phi) is 6.36. The molecule has 0 saturated heterocycles. The maximum atomic E-state index is 14.0. The summed E-state index contributed by atoms with van der Waals surface area (Å²) in [5.41, 5.74) is 1.84. The average molecular weight is 511 g/mol. The van der Waals surface area contributed by atoms with Crippen molar-refractivity contribution in [2.75, 3.05) is 32.9 Å². The molecule has 1 aromatic heterocycles. The standard InChI is InChI=1S/C29H38N2O4S/c1-8-18-21-19(16(2)28(18)36(5,6)7)14-20-22(25(21)32)26(33)23-27(24(20)31(3)4)35-30-29(23)34-15-17-12-10-9-11-13-17/h8-13,16,18-21,24,28,32H,1,14-15H2,2-7H3/t16?,18?,19-,20+,21+,24+,28?/m0/s1. The molecule has 194 valence electrons. The molecule has 0 amide bonds. The highest BCUT2D eigenvalue weighted by molar-refractivity contribution is 8.32. The molecular weight excluding hydrogens is 472 g/mol. The van der Waals surface area contributed by atoms with E-state index in [-0.39, 0.29) is 53.7 Å². The molecule has 0 spiro atoms. The highest BCUT2D eigenvalue weighted by Crippen LogP contribution is 2.64. The second kappa shape index (κ2) is 9.10. The van der Waals surface area contributed by atoms with Crippen LogP contribution in [0.2, 0.25) is 0 Å². The van der Waals surface area contributed by atoms with E-state index in [1.165, 1.54) is 0 Å². The number of nitrogens with zero attached hydrogens (tertiary/aromatic N) is 2. The van der Waals surface area contributed by atoms with Crippen LogP contribution in [0.5, 0.6) is 5.88 Å². The number of ketones is 1. The van der Waals surface area contributed by atoms with E-state index in [0.717, 1.165) is 12.0 Å². The van der Waals surface area contributed by atoms with Gasteiger partial charge in [-0.15, -0.1) is 6.58 Å². The maximum Gasteiger partial charge on any atom is 0.266 e. The molecule has 1 N–H and O–H groups in total. The first kappa shape index (κ1) is 25.2. The molecular formula is C29H38N2O4S. The van der Waals surface area contributed by atoms with Crippen LogP contribution < -0.4 is 4.74 Å². The number of aliphatic hydroxyl groups excluding tert-OH is 1. The third-order valence-electron chi connectivity index (χ3n) is 8.61. The number of rotatable bonds is 6. The van der Waals surface area contributed by atoms with E-state index in [0.29, 0.717) is 28.1 Å². The van der Waals surface area contributed by atoms with Gasteiger partial charge in [-0.1, -0.05) is 43.3 Å². The fraction of sp³-hybridized carbons (Fsp3) is 0.517. The van der Waals surface area contributed by atoms with E-state index in [9.17, 15) is 9.90 Å². The van der Waals surface area contributed by atoms with Crippen LogP contribution in [0, 0.1) is 29.6 Å². The number of hydrogen-bond acceptors (Lipinski definition) is 6. The summed E-state index contributed by atoms with van der Waals surface area (Å²) >= 11 is 0. The number of carbonyl (C=O) groups excluding carboxylic acids is 1. The van der Waals surface area contributed by atoms with Gasteiger partial charge in [-0.2, -0.15) is 0 Å². The van der Waals surface area contributed by atoms with Gasteiger partial charge in [-0.25, -0.2) is 10.0 Å². The van der Waals surface area contributed by atoms with Gasteiger partial charge < -0.3 is 14.4 Å². The van der Waals surface area contributed by atoms with Crippen LogP contribution in [0.15, 0.2) is 58.8 Å². The van der Waals surface area contributed by atoms with Crippen LogP contribution in [0.3, 0.4) is 0 Å². The predicted octanol–water partition coefficient (Wildman–Crippen LogP) is 5.63. The highest BCUT2D eigenvalue weighted by Gasteiger charge is 2.58. The lowest BCUT2D eigenvalue weighted by molar-refractivity contribution is 0.0820. The van der Waals surface area contributed by atoms with Crippen molar-refractivity contribution in [2.24, 2.45) is 29.6 Å². The van der Waals surface area contributed by atoms with Crippen LogP contribution in [0.25, 0.3) is 0 Å². The minimum Gasteiger partial charge on any atom is -0.512 e. The van der Waals surface area contributed by atoms with E-state index in [4.69, 9.17) is 9.26 Å². The molecule has 1 heterocycles. The summed E-state index contributed by atoms with van der Waals surface area (Å²) in [4.78, 5) is 16.1. The lowest BCUT2D eigenvalue weighted by atomic mass is 9.64. The summed E-state index contributed by atoms with van der Waals surface area (Å²) in [6, 6.07) is 9.57. The monoisotopic (exact) mass is 510 g/mol. The lowest BCUT2D eigenvalue weighted by Crippen LogP contribution is -2.42. The molecule has 7 heteroatoms. The Labute approximate surface area is 215 Å². The minimum absolute atomic E-state index is 0.0812. The van der Waals surface area contributed by atoms with Crippen molar-refractivity contribution in [1.82, 2.24) is 10.1 Å². The Hall–Kier alpha value is -2.51. The number of aliphatic hydroxyl groups is 1. The number of allylic oxidation sites excluding steroid dienone is 2. The molecule has 5 rings (SSSR count). The van der Waals surface area contributed by atoms with Crippen LogP contribution in [-0.2, 0) is 6.61 Å². The van der Waals surface area contributed by atoms with Crippen molar-refractivity contribution >= 4 is 15.8 Å². The van der Waals surface area contributed by atoms with Crippen LogP contribution in [-0.4, -0.2) is 59.1 Å². The zero-order chi connectivity index (χ0) is 25.9. The number of benzene rings is 1. The highest BCUT2D eigenvalue weighted by atomic mass is 32.3. The molecule has 0 aliphatic heterocycles. The van der Waals surface area contributed by atoms with Crippen LogP contribution >= 0.6 is 10.0 Å². The molecule has 7 atom stereocenters. The Morgan fingerprint density at radius 3 is 2.56 bits per heavy atom. The van der Waals surface area contributed by atoms with Gasteiger partial charge in [0.05, 0.1) is 6.04 Å². The van der Waals surface area contributed by atoms with Gasteiger partial charge in [-0.05, 0) is 73.0 Å². The van der Waals surface area contributed by atoms with Crippen LogP contribution in [0.4, 0.5) is 0 Å². The Bertz CT molecular complexity index is 1200. The Morgan fingerprint density at radius 1 is 1.25 bits per heavy atom. The molecule has 3 aliphatic carbocycles. The van der Waals surface area contributed by atoms with E-state index in [1.807, 2.05) is 50.5 Å². The first-order valence-corrected chi connectivity index (χ1v) is 15.6. The second-order valence-corrected chi connectivity index (χ2v) is 16.0. The summed E-state index contributed by atoms with van der Waals surface area (Å²) in [5.74, 6) is 1.40. The number of hydrogen-bond donors (Lipinski definition) is 1. The van der Waals surface area contributed by atoms with Gasteiger partial charge in [0, 0.05) is 17.4 Å².